The van der Waals surface area contributed by atoms with Crippen LogP contribution in [0.15, 0.2) is 24.5 Å². The molecule has 1 amide bonds. The zero-order chi connectivity index (χ0) is 19.0. The van der Waals surface area contributed by atoms with Gasteiger partial charge < -0.3 is 9.64 Å². The summed E-state index contributed by atoms with van der Waals surface area (Å²) in [6.45, 7) is 3.81. The smallest absolute Gasteiger partial charge is 0.255 e. The largest absolute Gasteiger partial charge is 0.375 e. The number of carbonyl (C=O) groups excluding carboxylic acids is 1. The van der Waals surface area contributed by atoms with E-state index >= 15 is 0 Å². The van der Waals surface area contributed by atoms with Gasteiger partial charge >= 0.3 is 0 Å². The van der Waals surface area contributed by atoms with E-state index in [9.17, 15) is 4.79 Å². The molecule has 4 fully saturated rings. The Morgan fingerprint density at radius 2 is 1.93 bits per heavy atom. The number of amides is 1. The molecular formula is C23H33N3O2. The van der Waals surface area contributed by atoms with Crippen LogP contribution in [0, 0.1) is 5.92 Å². The molecule has 1 aromatic heterocycles. The number of ether oxygens (including phenoxy) is 1. The second-order valence-electron chi connectivity index (χ2n) is 9.35. The van der Waals surface area contributed by atoms with Gasteiger partial charge in [-0.3, -0.25) is 14.7 Å². The van der Waals surface area contributed by atoms with Gasteiger partial charge in [0.25, 0.3) is 5.91 Å². The van der Waals surface area contributed by atoms with Crippen molar-refractivity contribution in [3.05, 3.63) is 30.1 Å². The Kier molecular flexibility index (Phi) is 5.14. The molecule has 2 aliphatic heterocycles. The van der Waals surface area contributed by atoms with Crippen molar-refractivity contribution in [2.75, 3.05) is 26.2 Å². The first-order chi connectivity index (χ1) is 13.8. The average Bonchev–Trinajstić information content (AvgIpc) is 3.58. The zero-order valence-corrected chi connectivity index (χ0v) is 16.9. The standard InChI is InChI=1S/C23H33N3O2/c27-22(19-5-4-12-24-15-19)25-13-8-20(9-14-25)26-16-21(28-17-18-6-7-18)23(26)10-2-1-3-11-23/h4-5,12,15,18,20-21H,1-3,6-11,13-14,16-17H2. The van der Waals surface area contributed by atoms with Gasteiger partial charge in [-0.2, -0.15) is 0 Å². The molecule has 1 aromatic rings. The SMILES string of the molecule is O=C(c1cccnc1)N1CCC(N2CC(OCC3CC3)C23CCCCC3)CC1. The minimum atomic E-state index is 0.133. The van der Waals surface area contributed by atoms with E-state index in [0.717, 1.165) is 45.0 Å². The minimum absolute atomic E-state index is 0.133. The molecule has 1 atom stereocenters. The van der Waals surface area contributed by atoms with Crippen LogP contribution in [-0.2, 0) is 4.74 Å². The summed E-state index contributed by atoms with van der Waals surface area (Å²) >= 11 is 0. The predicted octanol–water partition coefficient (Wildman–Crippen LogP) is 3.50. The molecule has 3 heterocycles. The number of nitrogens with zero attached hydrogens (tertiary/aromatic N) is 3. The fraction of sp³-hybridized carbons (Fsp3) is 0.739. The molecule has 2 saturated heterocycles. The van der Waals surface area contributed by atoms with Crippen LogP contribution in [0.3, 0.4) is 0 Å². The summed E-state index contributed by atoms with van der Waals surface area (Å²) < 4.78 is 6.42. The second-order valence-corrected chi connectivity index (χ2v) is 9.35. The summed E-state index contributed by atoms with van der Waals surface area (Å²) in [6.07, 6.45) is 15.4. The van der Waals surface area contributed by atoms with Crippen LogP contribution in [-0.4, -0.2) is 64.6 Å². The van der Waals surface area contributed by atoms with Gasteiger partial charge in [-0.15, -0.1) is 0 Å². The maximum atomic E-state index is 12.7. The highest BCUT2D eigenvalue weighted by Gasteiger charge is 2.56. The van der Waals surface area contributed by atoms with Gasteiger partial charge in [-0.25, -0.2) is 0 Å². The van der Waals surface area contributed by atoms with Gasteiger partial charge in [0.15, 0.2) is 0 Å². The van der Waals surface area contributed by atoms with Gasteiger partial charge in [0.05, 0.1) is 11.7 Å². The van der Waals surface area contributed by atoms with Crippen molar-refractivity contribution in [3.8, 4) is 0 Å². The van der Waals surface area contributed by atoms with E-state index in [1.807, 2.05) is 17.0 Å². The van der Waals surface area contributed by atoms with Gasteiger partial charge in [-0.1, -0.05) is 19.3 Å². The van der Waals surface area contributed by atoms with Crippen LogP contribution >= 0.6 is 0 Å². The molecule has 5 heteroatoms. The third-order valence-corrected chi connectivity index (χ3v) is 7.58. The zero-order valence-electron chi connectivity index (χ0n) is 16.9. The molecule has 0 bridgehead atoms. The monoisotopic (exact) mass is 383 g/mol. The number of likely N-dealkylation sites (tertiary alicyclic amines) is 2. The second kappa shape index (κ2) is 7.75. The van der Waals surface area contributed by atoms with E-state index in [0.29, 0.717) is 23.2 Å². The van der Waals surface area contributed by atoms with Crippen LogP contribution in [0.25, 0.3) is 0 Å². The Balaban J connectivity index is 1.20. The Morgan fingerprint density at radius 3 is 2.61 bits per heavy atom. The van der Waals surface area contributed by atoms with Crippen molar-refractivity contribution < 1.29 is 9.53 Å². The summed E-state index contributed by atoms with van der Waals surface area (Å²) in [5.41, 5.74) is 1.01. The lowest BCUT2D eigenvalue weighted by Gasteiger charge is -2.63. The van der Waals surface area contributed by atoms with Gasteiger partial charge in [-0.05, 0) is 56.6 Å². The van der Waals surface area contributed by atoms with Crippen LogP contribution in [0.4, 0.5) is 0 Å². The van der Waals surface area contributed by atoms with E-state index in [1.165, 1.54) is 44.9 Å². The highest BCUT2D eigenvalue weighted by atomic mass is 16.5. The quantitative estimate of drug-likeness (QED) is 0.781. The summed E-state index contributed by atoms with van der Waals surface area (Å²) in [7, 11) is 0. The number of hydrogen-bond donors (Lipinski definition) is 0. The Bertz CT molecular complexity index is 676. The van der Waals surface area contributed by atoms with Gasteiger partial charge in [0, 0.05) is 50.2 Å². The molecule has 0 aromatic carbocycles. The number of piperidine rings is 1. The first-order valence-corrected chi connectivity index (χ1v) is 11.3. The summed E-state index contributed by atoms with van der Waals surface area (Å²) in [6, 6.07) is 4.32. The molecule has 0 radical (unpaired) electrons. The number of hydrogen-bond acceptors (Lipinski definition) is 4. The molecule has 5 rings (SSSR count). The lowest BCUT2D eigenvalue weighted by molar-refractivity contribution is -0.202. The maximum Gasteiger partial charge on any atom is 0.255 e. The summed E-state index contributed by atoms with van der Waals surface area (Å²) in [5.74, 6) is 0.976. The van der Waals surface area contributed by atoms with E-state index in [2.05, 4.69) is 9.88 Å². The highest BCUT2D eigenvalue weighted by molar-refractivity contribution is 5.93. The third kappa shape index (κ3) is 3.48. The van der Waals surface area contributed by atoms with Gasteiger partial charge in [0.1, 0.15) is 0 Å². The summed E-state index contributed by atoms with van der Waals surface area (Å²) in [5, 5.41) is 0. The number of pyridine rings is 1. The molecular weight excluding hydrogens is 350 g/mol. The van der Waals surface area contributed by atoms with Crippen molar-refractivity contribution in [2.45, 2.75) is 75.5 Å². The van der Waals surface area contributed by atoms with Crippen molar-refractivity contribution >= 4 is 5.91 Å². The highest BCUT2D eigenvalue weighted by Crippen LogP contribution is 2.48. The molecule has 152 valence electrons. The average molecular weight is 384 g/mol. The molecule has 1 unspecified atom stereocenters. The molecule has 4 aliphatic rings. The minimum Gasteiger partial charge on any atom is -0.375 e. The van der Waals surface area contributed by atoms with Crippen LogP contribution in [0.2, 0.25) is 0 Å². The molecule has 2 aliphatic carbocycles. The van der Waals surface area contributed by atoms with Crippen molar-refractivity contribution in [3.63, 3.8) is 0 Å². The van der Waals surface area contributed by atoms with E-state index < -0.39 is 0 Å². The van der Waals surface area contributed by atoms with E-state index in [4.69, 9.17) is 4.74 Å². The van der Waals surface area contributed by atoms with Crippen LogP contribution in [0.1, 0.15) is 68.1 Å². The lowest BCUT2D eigenvalue weighted by Crippen LogP contribution is -2.75. The molecule has 28 heavy (non-hydrogen) atoms. The Morgan fingerprint density at radius 1 is 1.14 bits per heavy atom. The molecule has 2 saturated carbocycles. The van der Waals surface area contributed by atoms with Crippen molar-refractivity contribution in [2.24, 2.45) is 5.92 Å². The number of carbonyl (C=O) groups is 1. The number of aromatic nitrogens is 1. The molecule has 5 nitrogen and oxygen atoms in total. The fourth-order valence-corrected chi connectivity index (χ4v) is 5.69. The normalized spacial score (nSPS) is 28.3. The number of rotatable bonds is 5. The third-order valence-electron chi connectivity index (χ3n) is 7.58. The molecule has 0 N–H and O–H groups in total. The first-order valence-electron chi connectivity index (χ1n) is 11.3. The first kappa shape index (κ1) is 18.6. The Labute approximate surface area is 168 Å². The predicted molar refractivity (Wildman–Crippen MR) is 108 cm³/mol. The van der Waals surface area contributed by atoms with Crippen molar-refractivity contribution in [1.82, 2.24) is 14.8 Å². The maximum absolute atomic E-state index is 12.7. The topological polar surface area (TPSA) is 45.7 Å². The molecule has 1 spiro atoms. The van der Waals surface area contributed by atoms with Crippen molar-refractivity contribution in [1.29, 1.82) is 0 Å². The Hall–Kier alpha value is -1.46. The van der Waals surface area contributed by atoms with E-state index in [-0.39, 0.29) is 5.91 Å². The summed E-state index contributed by atoms with van der Waals surface area (Å²) in [4.78, 5) is 21.6. The van der Waals surface area contributed by atoms with E-state index in [1.54, 1.807) is 12.4 Å². The lowest BCUT2D eigenvalue weighted by atomic mass is 9.69. The van der Waals surface area contributed by atoms with Gasteiger partial charge in [0.2, 0.25) is 0 Å². The van der Waals surface area contributed by atoms with Crippen LogP contribution in [0.5, 0.6) is 0 Å². The fourth-order valence-electron chi connectivity index (χ4n) is 5.69. The van der Waals surface area contributed by atoms with Crippen LogP contribution < -0.4 is 0 Å².